The number of nitrogens with two attached hydrogens (primary N) is 1. The van der Waals surface area contributed by atoms with Crippen LogP contribution < -0.4 is 5.73 Å². The Morgan fingerprint density at radius 3 is 2.40 bits per heavy atom. The van der Waals surface area contributed by atoms with Gasteiger partial charge in [-0.15, -0.1) is 0 Å². The summed E-state index contributed by atoms with van der Waals surface area (Å²) in [5.41, 5.74) is 5.50. The number of nitrogens with zero attached hydrogens (tertiary/aromatic N) is 2. The lowest BCUT2D eigenvalue weighted by molar-refractivity contribution is -0.139. The van der Waals surface area contributed by atoms with Crippen molar-refractivity contribution in [1.29, 1.82) is 0 Å². The molecule has 0 bridgehead atoms. The van der Waals surface area contributed by atoms with Crippen LogP contribution >= 0.6 is 0 Å². The molecular formula is C10H19N3O2. The number of hydrogen-bond acceptors (Lipinski definition) is 4. The van der Waals surface area contributed by atoms with Gasteiger partial charge in [-0.2, -0.15) is 0 Å². The van der Waals surface area contributed by atoms with E-state index in [0.717, 1.165) is 32.2 Å². The molecule has 5 heteroatoms. The molecule has 5 nitrogen and oxygen atoms in total. The zero-order valence-corrected chi connectivity index (χ0v) is 8.93. The van der Waals surface area contributed by atoms with Crippen LogP contribution in [0.2, 0.25) is 0 Å². The van der Waals surface area contributed by atoms with Crippen molar-refractivity contribution in [3.05, 3.63) is 0 Å². The molecule has 1 saturated heterocycles. The van der Waals surface area contributed by atoms with Crippen LogP contribution in [0, 0.1) is 0 Å². The SMILES string of the molecule is NC(CN1CCN(C2CC2)CC1)C(=O)O. The second-order valence-electron chi connectivity index (χ2n) is 4.51. The van der Waals surface area contributed by atoms with Crippen LogP contribution in [0.5, 0.6) is 0 Å². The quantitative estimate of drug-likeness (QED) is 0.638. The second kappa shape index (κ2) is 4.47. The van der Waals surface area contributed by atoms with E-state index in [4.69, 9.17) is 10.8 Å². The molecule has 1 atom stereocenters. The average Bonchev–Trinajstić information content (AvgIpc) is 3.02. The number of carboxylic acids is 1. The minimum absolute atomic E-state index is 0.480. The Bertz CT molecular complexity index is 235. The molecule has 15 heavy (non-hydrogen) atoms. The molecule has 0 spiro atoms. The van der Waals surface area contributed by atoms with Crippen LogP contribution in [0.3, 0.4) is 0 Å². The molecule has 1 unspecified atom stereocenters. The predicted octanol–water partition coefficient (Wildman–Crippen LogP) is -0.822. The summed E-state index contributed by atoms with van der Waals surface area (Å²) in [4.78, 5) is 15.2. The van der Waals surface area contributed by atoms with Crippen molar-refractivity contribution in [2.24, 2.45) is 5.73 Å². The minimum atomic E-state index is -0.903. The normalized spacial score (nSPS) is 26.5. The van der Waals surface area contributed by atoms with E-state index in [1.807, 2.05) is 0 Å². The van der Waals surface area contributed by atoms with Gasteiger partial charge in [0.15, 0.2) is 0 Å². The Morgan fingerprint density at radius 2 is 1.93 bits per heavy atom. The van der Waals surface area contributed by atoms with Crippen LogP contribution in [0.1, 0.15) is 12.8 Å². The van der Waals surface area contributed by atoms with Gasteiger partial charge in [-0.3, -0.25) is 14.6 Å². The number of rotatable bonds is 4. The molecule has 0 radical (unpaired) electrons. The van der Waals surface area contributed by atoms with Gasteiger partial charge < -0.3 is 10.8 Å². The van der Waals surface area contributed by atoms with Crippen molar-refractivity contribution in [2.75, 3.05) is 32.7 Å². The van der Waals surface area contributed by atoms with Gasteiger partial charge in [0.05, 0.1) is 0 Å². The monoisotopic (exact) mass is 213 g/mol. The molecule has 86 valence electrons. The molecule has 0 aromatic heterocycles. The van der Waals surface area contributed by atoms with Gasteiger partial charge in [0.25, 0.3) is 0 Å². The first-order valence-corrected chi connectivity index (χ1v) is 5.61. The highest BCUT2D eigenvalue weighted by Gasteiger charge is 2.31. The molecule has 1 aliphatic carbocycles. The number of aliphatic carboxylic acids is 1. The fourth-order valence-electron chi connectivity index (χ4n) is 2.11. The summed E-state index contributed by atoms with van der Waals surface area (Å²) >= 11 is 0. The number of carboxylic acid groups (broad SMARTS) is 1. The van der Waals surface area contributed by atoms with Crippen LogP contribution in [0.25, 0.3) is 0 Å². The molecule has 0 amide bonds. The smallest absolute Gasteiger partial charge is 0.321 e. The maximum Gasteiger partial charge on any atom is 0.321 e. The molecule has 0 aromatic carbocycles. The first-order chi connectivity index (χ1) is 7.16. The topological polar surface area (TPSA) is 69.8 Å². The number of hydrogen-bond donors (Lipinski definition) is 2. The molecule has 1 saturated carbocycles. The minimum Gasteiger partial charge on any atom is -0.480 e. The summed E-state index contributed by atoms with van der Waals surface area (Å²) in [6.45, 7) is 4.52. The van der Waals surface area contributed by atoms with Crippen molar-refractivity contribution in [2.45, 2.75) is 24.9 Å². The Kier molecular flexibility index (Phi) is 3.23. The zero-order chi connectivity index (χ0) is 10.8. The highest BCUT2D eigenvalue weighted by molar-refractivity contribution is 5.73. The van der Waals surface area contributed by atoms with Gasteiger partial charge in [-0.25, -0.2) is 0 Å². The van der Waals surface area contributed by atoms with E-state index in [0.29, 0.717) is 6.54 Å². The van der Waals surface area contributed by atoms with Crippen LogP contribution in [0.4, 0.5) is 0 Å². The zero-order valence-electron chi connectivity index (χ0n) is 8.93. The average molecular weight is 213 g/mol. The first kappa shape index (κ1) is 10.9. The Balaban J connectivity index is 1.70. The van der Waals surface area contributed by atoms with Crippen molar-refractivity contribution in [1.82, 2.24) is 9.80 Å². The highest BCUT2D eigenvalue weighted by Crippen LogP contribution is 2.27. The summed E-state index contributed by atoms with van der Waals surface area (Å²) in [5, 5.41) is 8.70. The van der Waals surface area contributed by atoms with Gasteiger partial charge >= 0.3 is 5.97 Å². The van der Waals surface area contributed by atoms with Gasteiger partial charge in [0, 0.05) is 38.8 Å². The largest absolute Gasteiger partial charge is 0.480 e. The summed E-state index contributed by atoms with van der Waals surface area (Å²) in [6.07, 6.45) is 2.68. The molecular weight excluding hydrogens is 194 g/mol. The summed E-state index contributed by atoms with van der Waals surface area (Å²) < 4.78 is 0. The summed E-state index contributed by atoms with van der Waals surface area (Å²) in [7, 11) is 0. The van der Waals surface area contributed by atoms with Crippen molar-refractivity contribution in [3.63, 3.8) is 0 Å². The first-order valence-electron chi connectivity index (χ1n) is 5.61. The van der Waals surface area contributed by atoms with Crippen LogP contribution in [0.15, 0.2) is 0 Å². The second-order valence-corrected chi connectivity index (χ2v) is 4.51. The lowest BCUT2D eigenvalue weighted by atomic mass is 10.2. The lowest BCUT2D eigenvalue weighted by Crippen LogP contribution is -2.51. The third kappa shape index (κ3) is 2.90. The van der Waals surface area contributed by atoms with Crippen LogP contribution in [-0.2, 0) is 4.79 Å². The van der Waals surface area contributed by atoms with E-state index < -0.39 is 12.0 Å². The van der Waals surface area contributed by atoms with E-state index in [2.05, 4.69) is 9.80 Å². The van der Waals surface area contributed by atoms with Crippen LogP contribution in [-0.4, -0.2) is 65.7 Å². The van der Waals surface area contributed by atoms with E-state index in [1.165, 1.54) is 12.8 Å². The highest BCUT2D eigenvalue weighted by atomic mass is 16.4. The molecule has 2 rings (SSSR count). The van der Waals surface area contributed by atoms with Crippen molar-refractivity contribution in [3.8, 4) is 0 Å². The fraction of sp³-hybridized carbons (Fsp3) is 0.900. The lowest BCUT2D eigenvalue weighted by Gasteiger charge is -2.35. The van der Waals surface area contributed by atoms with E-state index in [-0.39, 0.29) is 0 Å². The Labute approximate surface area is 89.8 Å². The maximum atomic E-state index is 10.6. The van der Waals surface area contributed by atoms with Gasteiger partial charge in [0.1, 0.15) is 6.04 Å². The maximum absolute atomic E-state index is 10.6. The molecule has 1 heterocycles. The summed E-state index contributed by atoms with van der Waals surface area (Å²) in [5.74, 6) is -0.903. The van der Waals surface area contributed by atoms with Crippen molar-refractivity contribution < 1.29 is 9.90 Å². The molecule has 0 aromatic rings. The van der Waals surface area contributed by atoms with E-state index in [1.54, 1.807) is 0 Å². The molecule has 3 N–H and O–H groups in total. The number of carbonyl (C=O) groups is 1. The summed E-state index contributed by atoms with van der Waals surface area (Å²) in [6, 6.07) is 0.0813. The van der Waals surface area contributed by atoms with Gasteiger partial charge in [0.2, 0.25) is 0 Å². The van der Waals surface area contributed by atoms with Gasteiger partial charge in [-0.1, -0.05) is 0 Å². The Morgan fingerprint density at radius 1 is 1.33 bits per heavy atom. The van der Waals surface area contributed by atoms with E-state index >= 15 is 0 Å². The third-order valence-electron chi connectivity index (χ3n) is 3.24. The van der Waals surface area contributed by atoms with E-state index in [9.17, 15) is 4.79 Å². The molecule has 2 aliphatic rings. The molecule has 1 aliphatic heterocycles. The third-order valence-corrected chi connectivity index (χ3v) is 3.24. The molecule has 2 fully saturated rings. The predicted molar refractivity (Wildman–Crippen MR) is 56.6 cm³/mol. The van der Waals surface area contributed by atoms with Gasteiger partial charge in [-0.05, 0) is 12.8 Å². The Hall–Kier alpha value is -0.650. The van der Waals surface area contributed by atoms with Crippen molar-refractivity contribution >= 4 is 5.97 Å². The standard InChI is InChI=1S/C10H19N3O2/c11-9(10(14)15)7-12-3-5-13(6-4-12)8-1-2-8/h8-9H,1-7,11H2,(H,14,15). The number of piperazine rings is 1. The fourth-order valence-corrected chi connectivity index (χ4v) is 2.11.